The normalized spacial score (nSPS) is 17.1. The van der Waals surface area contributed by atoms with Crippen LogP contribution in [0.2, 0.25) is 5.02 Å². The number of nitrogens with zero attached hydrogens (tertiary/aromatic N) is 3. The minimum atomic E-state index is -0.765. The zero-order valence-corrected chi connectivity index (χ0v) is 22.0. The number of pyridine rings is 1. The van der Waals surface area contributed by atoms with Crippen LogP contribution in [0.15, 0.2) is 54.5 Å². The smallest absolute Gasteiger partial charge is 0.148 e. The fourth-order valence-electron chi connectivity index (χ4n) is 4.30. The van der Waals surface area contributed by atoms with Crippen LogP contribution in [0, 0.1) is 17.1 Å². The van der Waals surface area contributed by atoms with Gasteiger partial charge in [-0.15, -0.1) is 5.53 Å². The molecule has 0 spiro atoms. The lowest BCUT2D eigenvalue weighted by atomic mass is 9.69. The molecule has 1 aliphatic carbocycles. The molecule has 0 saturated heterocycles. The molecule has 11 heteroatoms. The molecule has 0 amide bonds. The minimum absolute atomic E-state index is 0.246. The van der Waals surface area contributed by atoms with Crippen molar-refractivity contribution in [2.45, 2.75) is 50.6 Å². The maximum atomic E-state index is 13.8. The molecule has 5 N–H and O–H groups in total. The first-order valence-electron chi connectivity index (χ1n) is 12.2. The average molecular weight is 519 g/mol. The molecule has 0 radical (unpaired) electrons. The molecule has 1 atom stereocenters. The van der Waals surface area contributed by atoms with E-state index in [1.807, 2.05) is 47.0 Å². The van der Waals surface area contributed by atoms with Crippen LogP contribution in [-0.4, -0.2) is 29.4 Å². The highest BCUT2D eigenvalue weighted by Gasteiger charge is 2.38. The predicted octanol–water partition coefficient (Wildman–Crippen LogP) is 3.84. The number of fused-ring (bicyclic) bond motifs is 1. The molecule has 190 valence electrons. The van der Waals surface area contributed by atoms with Crippen molar-refractivity contribution >= 4 is 41.7 Å². The molecule has 2 aliphatic rings. The van der Waals surface area contributed by atoms with Gasteiger partial charge in [0.15, 0.2) is 0 Å². The summed E-state index contributed by atoms with van der Waals surface area (Å²) in [5.41, 5.74) is 15.9. The van der Waals surface area contributed by atoms with Crippen LogP contribution in [0.3, 0.4) is 0 Å². The van der Waals surface area contributed by atoms with E-state index in [1.165, 1.54) is 18.3 Å². The molecule has 1 saturated carbocycles. The molecule has 1 aliphatic heterocycles. The first kappa shape index (κ1) is 25.1. The zero-order valence-electron chi connectivity index (χ0n) is 21.2. The molecule has 5 rings (SSSR count). The largest absolute Gasteiger partial charge is 0.378 e. The number of halogens is 2. The third-order valence-corrected chi connectivity index (χ3v) is 6.78. The Balaban J connectivity index is 1.60. The molecular weight excluding hydrogens is 490 g/mol. The number of rotatable bonds is 7. The Kier molecular flexibility index (Phi) is 6.40. The van der Waals surface area contributed by atoms with Gasteiger partial charge < -0.3 is 16.2 Å². The lowest BCUT2D eigenvalue weighted by molar-refractivity contribution is 0.260. The van der Waals surface area contributed by atoms with Crippen LogP contribution in [0.25, 0.3) is 10.9 Å². The summed E-state index contributed by atoms with van der Waals surface area (Å²) in [6.45, 7) is 6.06. The van der Waals surface area contributed by atoms with Gasteiger partial charge in [0, 0.05) is 35.1 Å². The van der Waals surface area contributed by atoms with E-state index in [0.717, 1.165) is 24.1 Å². The number of anilines is 2. The molecular formula is C26H29BClFN8. The van der Waals surface area contributed by atoms with Crippen molar-refractivity contribution in [2.75, 3.05) is 10.7 Å². The Labute approximate surface area is 221 Å². The Hall–Kier alpha value is -3.52. The quantitative estimate of drug-likeness (QED) is 0.238. The standard InChI is InChI=1S/C26H29BClFN8/c1-25(2,3)35-34-23-15(12-30)13-31-24-20(23)10-18(11-21(24)28)32-26(27,16-4-6-17(29)7-5-16)22-14-37(36-33-22)19-8-9-19/h4-7,10-11,13-14,19,32-33,35-36H,8-9,27H2,1-3H3,(H,31,34). The highest BCUT2D eigenvalue weighted by atomic mass is 35.5. The van der Waals surface area contributed by atoms with Crippen LogP contribution in [-0.2, 0) is 5.44 Å². The van der Waals surface area contributed by atoms with Gasteiger partial charge in [0.05, 0.1) is 32.9 Å². The van der Waals surface area contributed by atoms with Crippen molar-refractivity contribution in [3.8, 4) is 6.07 Å². The van der Waals surface area contributed by atoms with E-state index in [9.17, 15) is 9.65 Å². The summed E-state index contributed by atoms with van der Waals surface area (Å²) in [6.07, 6.45) is 5.83. The second-order valence-electron chi connectivity index (χ2n) is 10.7. The summed E-state index contributed by atoms with van der Waals surface area (Å²) in [4.78, 5) is 4.44. The van der Waals surface area contributed by atoms with Crippen molar-refractivity contribution in [1.29, 1.82) is 5.26 Å². The van der Waals surface area contributed by atoms with Gasteiger partial charge in [0.1, 0.15) is 19.7 Å². The topological polar surface area (TPSA) is 100 Å². The van der Waals surface area contributed by atoms with Crippen LogP contribution >= 0.6 is 11.6 Å². The fourth-order valence-corrected chi connectivity index (χ4v) is 4.57. The van der Waals surface area contributed by atoms with E-state index in [2.05, 4.69) is 43.2 Å². The van der Waals surface area contributed by atoms with Crippen molar-refractivity contribution in [1.82, 2.24) is 26.4 Å². The van der Waals surface area contributed by atoms with Crippen LogP contribution in [0.1, 0.15) is 44.7 Å². The van der Waals surface area contributed by atoms with Crippen LogP contribution in [0.5, 0.6) is 0 Å². The van der Waals surface area contributed by atoms with Gasteiger partial charge in [-0.25, -0.2) is 9.82 Å². The molecule has 2 aromatic carbocycles. The lowest BCUT2D eigenvalue weighted by Crippen LogP contribution is -2.45. The second-order valence-corrected chi connectivity index (χ2v) is 11.1. The summed E-state index contributed by atoms with van der Waals surface area (Å²) < 4.78 is 13.8. The summed E-state index contributed by atoms with van der Waals surface area (Å²) in [5, 5.41) is 16.6. The average Bonchev–Trinajstić information content (AvgIpc) is 3.58. The van der Waals surface area contributed by atoms with E-state index in [4.69, 9.17) is 11.6 Å². The van der Waals surface area contributed by atoms with Gasteiger partial charge in [-0.05, 0) is 63.4 Å². The van der Waals surface area contributed by atoms with Gasteiger partial charge in [0.25, 0.3) is 0 Å². The third kappa shape index (κ3) is 5.16. The van der Waals surface area contributed by atoms with Crippen LogP contribution in [0.4, 0.5) is 15.8 Å². The highest BCUT2D eigenvalue weighted by molar-refractivity contribution is 6.36. The number of benzene rings is 2. The van der Waals surface area contributed by atoms with Gasteiger partial charge in [-0.2, -0.15) is 5.26 Å². The molecule has 37 heavy (non-hydrogen) atoms. The Morgan fingerprint density at radius 1 is 1.22 bits per heavy atom. The Morgan fingerprint density at radius 3 is 2.59 bits per heavy atom. The van der Waals surface area contributed by atoms with E-state index < -0.39 is 5.44 Å². The first-order valence-corrected chi connectivity index (χ1v) is 12.6. The van der Waals surface area contributed by atoms with Gasteiger partial charge in [-0.3, -0.25) is 9.99 Å². The molecule has 1 fully saturated rings. The molecule has 0 bridgehead atoms. The predicted molar refractivity (Wildman–Crippen MR) is 147 cm³/mol. The number of nitrogens with one attached hydrogen (secondary N) is 5. The Morgan fingerprint density at radius 2 is 1.95 bits per heavy atom. The van der Waals surface area contributed by atoms with Crippen LogP contribution < -0.4 is 27.1 Å². The summed E-state index contributed by atoms with van der Waals surface area (Å²) >= 11 is 6.71. The monoisotopic (exact) mass is 518 g/mol. The van der Waals surface area contributed by atoms with Gasteiger partial charge in [0.2, 0.25) is 0 Å². The zero-order chi connectivity index (χ0) is 26.4. The van der Waals surface area contributed by atoms with Crippen molar-refractivity contribution < 1.29 is 4.39 Å². The van der Waals surface area contributed by atoms with Crippen molar-refractivity contribution in [2.24, 2.45) is 0 Å². The van der Waals surface area contributed by atoms with E-state index >= 15 is 0 Å². The summed E-state index contributed by atoms with van der Waals surface area (Å²) in [7, 11) is 2.03. The van der Waals surface area contributed by atoms with Gasteiger partial charge >= 0.3 is 0 Å². The number of hydrazine groups is 3. The SMILES string of the molecule is BC(Nc1cc(Cl)c2ncc(C#N)c(NNC(C)(C)C)c2c1)(C1=CN(C2CC2)NN1)c1ccc(F)cc1. The molecule has 1 aromatic heterocycles. The van der Waals surface area contributed by atoms with E-state index in [-0.39, 0.29) is 11.4 Å². The second kappa shape index (κ2) is 9.41. The number of hydrogen-bond acceptors (Lipinski definition) is 8. The first-order chi connectivity index (χ1) is 17.6. The summed E-state index contributed by atoms with van der Waals surface area (Å²) in [6, 6.07) is 12.8. The van der Waals surface area contributed by atoms with Crippen molar-refractivity contribution in [3.63, 3.8) is 0 Å². The van der Waals surface area contributed by atoms with Crippen molar-refractivity contribution in [3.05, 3.63) is 76.5 Å². The van der Waals surface area contributed by atoms with E-state index in [1.54, 1.807) is 12.1 Å². The minimum Gasteiger partial charge on any atom is -0.378 e. The lowest BCUT2D eigenvalue weighted by Gasteiger charge is -2.34. The number of aromatic nitrogens is 1. The maximum absolute atomic E-state index is 13.8. The molecule has 2 heterocycles. The number of nitriles is 1. The van der Waals surface area contributed by atoms with E-state index in [0.29, 0.717) is 38.9 Å². The number of hydrogen-bond donors (Lipinski definition) is 5. The highest BCUT2D eigenvalue weighted by Crippen LogP contribution is 2.38. The van der Waals surface area contributed by atoms with Gasteiger partial charge in [-0.1, -0.05) is 23.7 Å². The fraction of sp³-hybridized carbons (Fsp3) is 0.308. The third-order valence-electron chi connectivity index (χ3n) is 6.49. The molecule has 8 nitrogen and oxygen atoms in total. The molecule has 1 unspecified atom stereocenters. The molecule has 3 aromatic rings. The maximum Gasteiger partial charge on any atom is 0.148 e. The Bertz CT molecular complexity index is 1410. The summed E-state index contributed by atoms with van der Waals surface area (Å²) in [5.74, 6) is -0.303.